The van der Waals surface area contributed by atoms with Gasteiger partial charge in [-0.15, -0.1) is 0 Å². The summed E-state index contributed by atoms with van der Waals surface area (Å²) < 4.78 is 32.6. The highest BCUT2D eigenvalue weighted by Crippen LogP contribution is 2.35. The second-order valence-corrected chi connectivity index (χ2v) is 8.31. The van der Waals surface area contributed by atoms with Crippen molar-refractivity contribution in [1.29, 1.82) is 0 Å². The first-order valence-electron chi connectivity index (χ1n) is 11.2. The lowest BCUT2D eigenvalue weighted by atomic mass is 9.95. The van der Waals surface area contributed by atoms with Crippen molar-refractivity contribution in [3.63, 3.8) is 0 Å². The van der Waals surface area contributed by atoms with Crippen LogP contribution in [0.4, 0.5) is 0 Å². The zero-order valence-electron chi connectivity index (χ0n) is 21.1. The molecule has 0 saturated carbocycles. The topological polar surface area (TPSA) is 95.8 Å². The van der Waals surface area contributed by atoms with E-state index in [9.17, 15) is 10.2 Å². The van der Waals surface area contributed by atoms with Crippen molar-refractivity contribution in [1.82, 2.24) is 0 Å². The summed E-state index contributed by atoms with van der Waals surface area (Å²) in [6, 6.07) is 7.52. The molecule has 190 valence electrons. The third kappa shape index (κ3) is 7.94. The zero-order chi connectivity index (χ0) is 25.1. The van der Waals surface area contributed by atoms with Gasteiger partial charge in [0.1, 0.15) is 11.5 Å². The van der Waals surface area contributed by atoms with Crippen LogP contribution in [0.5, 0.6) is 11.5 Å². The molecule has 8 nitrogen and oxygen atoms in total. The second kappa shape index (κ2) is 14.3. The number of ether oxygens (including phenoxy) is 6. The molecule has 0 aromatic heterocycles. The summed E-state index contributed by atoms with van der Waals surface area (Å²) in [7, 11) is 6.40. The molecule has 34 heavy (non-hydrogen) atoms. The Hall–Kier alpha value is -2.20. The molecule has 0 fully saturated rings. The maximum absolute atomic E-state index is 10.8. The second-order valence-electron chi connectivity index (χ2n) is 8.31. The Balaban J connectivity index is 2.47. The molecule has 0 amide bonds. The summed E-state index contributed by atoms with van der Waals surface area (Å²) in [5, 5.41) is 21.6. The number of methoxy groups -OCH3 is 4. The predicted molar refractivity (Wildman–Crippen MR) is 129 cm³/mol. The molecule has 0 bridgehead atoms. The van der Waals surface area contributed by atoms with Gasteiger partial charge in [-0.3, -0.25) is 0 Å². The third-order valence-corrected chi connectivity index (χ3v) is 5.32. The highest BCUT2D eigenvalue weighted by atomic mass is 16.5. The number of hydrogen-bond acceptors (Lipinski definition) is 8. The number of phenolic OH excluding ortho intramolecular Hbond substituents is 2. The summed E-state index contributed by atoms with van der Waals surface area (Å²) in [6.45, 7) is 5.65. The first kappa shape index (κ1) is 28.0. The van der Waals surface area contributed by atoms with Crippen LogP contribution in [0.25, 0.3) is 11.1 Å². The van der Waals surface area contributed by atoms with Crippen LogP contribution in [-0.4, -0.2) is 64.1 Å². The standard InChI is InChI=1S/C26H38O8/c1-17(11-29-3)33-15-23-9-19(7-21(13-31-5)25(23)27)20-8-22(14-32-6)26(28)24(10-20)16-34-18(2)12-30-4/h7-10,17-18,27-28H,11-16H2,1-6H3. The molecule has 0 heterocycles. The third-order valence-electron chi connectivity index (χ3n) is 5.32. The quantitative estimate of drug-likeness (QED) is 0.394. The average Bonchev–Trinajstić information content (AvgIpc) is 2.80. The van der Waals surface area contributed by atoms with E-state index in [1.807, 2.05) is 38.1 Å². The van der Waals surface area contributed by atoms with Crippen LogP contribution in [0.3, 0.4) is 0 Å². The van der Waals surface area contributed by atoms with Crippen LogP contribution >= 0.6 is 0 Å². The van der Waals surface area contributed by atoms with Gasteiger partial charge >= 0.3 is 0 Å². The van der Waals surface area contributed by atoms with Crippen molar-refractivity contribution in [2.75, 3.05) is 41.7 Å². The van der Waals surface area contributed by atoms with E-state index in [-0.39, 0.29) is 50.1 Å². The molecule has 0 aliphatic rings. The molecule has 2 atom stereocenters. The van der Waals surface area contributed by atoms with E-state index in [4.69, 9.17) is 28.4 Å². The minimum absolute atomic E-state index is 0.126. The van der Waals surface area contributed by atoms with E-state index in [2.05, 4.69) is 0 Å². The Morgan fingerprint density at radius 2 is 0.882 bits per heavy atom. The van der Waals surface area contributed by atoms with E-state index < -0.39 is 0 Å². The fraction of sp³-hybridized carbons (Fsp3) is 0.538. The maximum Gasteiger partial charge on any atom is 0.126 e. The summed E-state index contributed by atoms with van der Waals surface area (Å²) >= 11 is 0. The molecule has 2 N–H and O–H groups in total. The van der Waals surface area contributed by atoms with Gasteiger partial charge in [0.25, 0.3) is 0 Å². The molecular weight excluding hydrogens is 440 g/mol. The van der Waals surface area contributed by atoms with Crippen LogP contribution < -0.4 is 0 Å². The van der Waals surface area contributed by atoms with Crippen LogP contribution in [-0.2, 0) is 54.8 Å². The van der Waals surface area contributed by atoms with Crippen molar-refractivity contribution >= 4 is 0 Å². The first-order valence-corrected chi connectivity index (χ1v) is 11.2. The lowest BCUT2D eigenvalue weighted by Gasteiger charge is -2.18. The number of hydrogen-bond donors (Lipinski definition) is 2. The Labute approximate surface area is 202 Å². The fourth-order valence-electron chi connectivity index (χ4n) is 3.63. The molecule has 0 aliphatic carbocycles. The zero-order valence-corrected chi connectivity index (χ0v) is 21.1. The van der Waals surface area contributed by atoms with Gasteiger partial charge in [-0.2, -0.15) is 0 Å². The molecule has 2 rings (SSSR count). The van der Waals surface area contributed by atoms with Gasteiger partial charge in [0, 0.05) is 50.7 Å². The highest BCUT2D eigenvalue weighted by molar-refractivity contribution is 5.70. The molecule has 0 saturated heterocycles. The van der Waals surface area contributed by atoms with Crippen LogP contribution in [0.1, 0.15) is 36.1 Å². The minimum Gasteiger partial charge on any atom is -0.507 e. The molecule has 0 aliphatic heterocycles. The molecule has 8 heteroatoms. The molecule has 0 radical (unpaired) electrons. The summed E-state index contributed by atoms with van der Waals surface area (Å²) in [6.07, 6.45) is -0.252. The average molecular weight is 479 g/mol. The van der Waals surface area contributed by atoms with E-state index in [0.717, 1.165) is 11.1 Å². The fourth-order valence-corrected chi connectivity index (χ4v) is 3.63. The maximum atomic E-state index is 10.8. The van der Waals surface area contributed by atoms with Crippen molar-refractivity contribution in [2.45, 2.75) is 52.5 Å². The molecule has 2 aromatic rings. The van der Waals surface area contributed by atoms with E-state index in [1.54, 1.807) is 28.4 Å². The lowest BCUT2D eigenvalue weighted by Crippen LogP contribution is -2.15. The predicted octanol–water partition coefficient (Wildman–Crippen LogP) is 4.16. The van der Waals surface area contributed by atoms with Gasteiger partial charge in [-0.25, -0.2) is 0 Å². The number of phenols is 2. The lowest BCUT2D eigenvalue weighted by molar-refractivity contribution is -0.000888. The Morgan fingerprint density at radius 1 is 0.559 bits per heavy atom. The first-order chi connectivity index (χ1) is 16.3. The van der Waals surface area contributed by atoms with E-state index in [0.29, 0.717) is 35.5 Å². The molecule has 0 spiro atoms. The summed E-state index contributed by atoms with van der Waals surface area (Å²) in [4.78, 5) is 0. The van der Waals surface area contributed by atoms with Crippen LogP contribution in [0.2, 0.25) is 0 Å². The summed E-state index contributed by atoms with van der Waals surface area (Å²) in [5.74, 6) is 0.283. The van der Waals surface area contributed by atoms with Gasteiger partial charge in [0.2, 0.25) is 0 Å². The van der Waals surface area contributed by atoms with Crippen LogP contribution in [0.15, 0.2) is 24.3 Å². The smallest absolute Gasteiger partial charge is 0.126 e. The largest absolute Gasteiger partial charge is 0.507 e. The van der Waals surface area contributed by atoms with Gasteiger partial charge < -0.3 is 38.6 Å². The monoisotopic (exact) mass is 478 g/mol. The Morgan fingerprint density at radius 3 is 1.18 bits per heavy atom. The van der Waals surface area contributed by atoms with Gasteiger partial charge in [0.05, 0.1) is 51.8 Å². The van der Waals surface area contributed by atoms with Crippen molar-refractivity contribution in [3.8, 4) is 22.6 Å². The van der Waals surface area contributed by atoms with Gasteiger partial charge in [0.15, 0.2) is 0 Å². The number of rotatable bonds is 15. The normalized spacial score (nSPS) is 13.2. The van der Waals surface area contributed by atoms with Crippen LogP contribution in [0, 0.1) is 0 Å². The molecular formula is C26H38O8. The molecule has 2 aromatic carbocycles. The van der Waals surface area contributed by atoms with Gasteiger partial charge in [-0.05, 0) is 49.2 Å². The minimum atomic E-state index is -0.126. The Bertz CT molecular complexity index is 825. The SMILES string of the molecule is COCc1cc(-c2cc(COC)c(O)c(COC(C)COC)c2)cc(COC(C)COC)c1O. The van der Waals surface area contributed by atoms with E-state index in [1.165, 1.54) is 0 Å². The van der Waals surface area contributed by atoms with Crippen molar-refractivity contribution in [3.05, 3.63) is 46.5 Å². The number of benzene rings is 2. The number of aromatic hydroxyl groups is 2. The van der Waals surface area contributed by atoms with E-state index >= 15 is 0 Å². The molecule has 2 unspecified atom stereocenters. The van der Waals surface area contributed by atoms with Crippen molar-refractivity contribution < 1.29 is 38.6 Å². The Kier molecular flexibility index (Phi) is 11.8. The summed E-state index contributed by atoms with van der Waals surface area (Å²) in [5.41, 5.74) is 4.27. The van der Waals surface area contributed by atoms with Gasteiger partial charge in [-0.1, -0.05) is 0 Å². The highest BCUT2D eigenvalue weighted by Gasteiger charge is 2.17. The van der Waals surface area contributed by atoms with Crippen molar-refractivity contribution in [2.24, 2.45) is 0 Å².